The molecule has 288 valence electrons. The summed E-state index contributed by atoms with van der Waals surface area (Å²) in [6, 6.07) is 10.1. The van der Waals surface area contributed by atoms with Gasteiger partial charge in [-0.2, -0.15) is 32.1 Å². The third-order valence-corrected chi connectivity index (χ3v) is 9.41. The summed E-state index contributed by atoms with van der Waals surface area (Å²) in [5, 5.41) is 9.30. The number of carbonyl (C=O) groups is 2. The largest absolute Gasteiger partial charge is 0.447 e. The normalized spacial score (nSPS) is 19.0. The molecule has 2 aromatic heterocycles. The highest BCUT2D eigenvalue weighted by molar-refractivity contribution is 6.32. The summed E-state index contributed by atoms with van der Waals surface area (Å²) in [7, 11) is 0. The van der Waals surface area contributed by atoms with Crippen LogP contribution in [-0.4, -0.2) is 65.7 Å². The van der Waals surface area contributed by atoms with Crippen molar-refractivity contribution < 1.29 is 45.1 Å². The fourth-order valence-corrected chi connectivity index (χ4v) is 6.68. The number of halogens is 8. The predicted molar refractivity (Wildman–Crippen MR) is 180 cm³/mol. The summed E-state index contributed by atoms with van der Waals surface area (Å²) < 4.78 is 102. The van der Waals surface area contributed by atoms with Crippen molar-refractivity contribution in [2.75, 3.05) is 6.61 Å². The first-order valence-corrected chi connectivity index (χ1v) is 16.8. The molecule has 1 unspecified atom stereocenters. The van der Waals surface area contributed by atoms with Crippen LogP contribution in [0.25, 0.3) is 16.9 Å². The molecule has 2 atom stereocenters. The van der Waals surface area contributed by atoms with E-state index in [1.165, 1.54) is 54.7 Å². The third-order valence-electron chi connectivity index (χ3n) is 9.09. The second-order valence-corrected chi connectivity index (χ2v) is 14.5. The molecular weight excluding hydrogens is 751 g/mol. The lowest BCUT2D eigenvalue weighted by Crippen LogP contribution is -2.50. The van der Waals surface area contributed by atoms with Crippen molar-refractivity contribution in [3.8, 4) is 16.9 Å². The minimum absolute atomic E-state index is 0.0507. The molecule has 3 heterocycles. The van der Waals surface area contributed by atoms with E-state index in [4.69, 9.17) is 22.1 Å². The van der Waals surface area contributed by atoms with Crippen LogP contribution in [0.5, 0.6) is 0 Å². The Kier molecular flexibility index (Phi) is 9.91. The molecule has 1 aliphatic carbocycles. The maximum Gasteiger partial charge on any atom is 0.411 e. The van der Waals surface area contributed by atoms with Crippen molar-refractivity contribution in [2.24, 2.45) is 16.1 Å². The monoisotopic (exact) mass is 783 g/mol. The zero-order chi connectivity index (χ0) is 39.4. The van der Waals surface area contributed by atoms with E-state index in [1.54, 1.807) is 0 Å². The Balaban J connectivity index is 1.41. The topological polar surface area (TPSA) is 146 Å². The van der Waals surface area contributed by atoms with Gasteiger partial charge in [0.1, 0.15) is 18.5 Å². The van der Waals surface area contributed by atoms with E-state index in [-0.39, 0.29) is 47.2 Å². The Morgan fingerprint density at radius 1 is 1.04 bits per heavy atom. The van der Waals surface area contributed by atoms with Gasteiger partial charge < -0.3 is 15.8 Å². The van der Waals surface area contributed by atoms with Crippen LogP contribution in [0.1, 0.15) is 76.0 Å². The quantitative estimate of drug-likeness (QED) is 0.150. The Labute approximate surface area is 308 Å². The van der Waals surface area contributed by atoms with E-state index in [1.807, 2.05) is 26.1 Å². The van der Waals surface area contributed by atoms with Gasteiger partial charge in [0.2, 0.25) is 0 Å². The highest BCUT2D eigenvalue weighted by Crippen LogP contribution is 2.49. The van der Waals surface area contributed by atoms with E-state index in [0.717, 1.165) is 15.9 Å². The Morgan fingerprint density at radius 2 is 1.72 bits per heavy atom. The van der Waals surface area contributed by atoms with Crippen LogP contribution in [0, 0.1) is 5.41 Å². The van der Waals surface area contributed by atoms with Crippen LogP contribution >= 0.6 is 11.6 Å². The van der Waals surface area contributed by atoms with Gasteiger partial charge >= 0.3 is 18.8 Å². The summed E-state index contributed by atoms with van der Waals surface area (Å²) in [5.74, 6) is -1.85. The van der Waals surface area contributed by atoms with Crippen molar-refractivity contribution in [1.29, 1.82) is 0 Å². The van der Waals surface area contributed by atoms with Gasteiger partial charge in [0.25, 0.3) is 12.3 Å². The molecule has 1 aliphatic heterocycles. The number of rotatable bonds is 11. The highest BCUT2D eigenvalue weighted by atomic mass is 35.5. The van der Waals surface area contributed by atoms with Gasteiger partial charge in [0.15, 0.2) is 17.3 Å². The number of aromatic nitrogens is 5. The lowest BCUT2D eigenvalue weighted by molar-refractivity contribution is -0.164. The standard InChI is InChI=1S/C34H33ClF7N9O3/c1-31(2,3)16-33(20-7-4-18(5-8-20)22-10-13-45-51(22)28(38)39)27(52)49(29(43)47-33)24(15-54-30(53)48-32(11-12-32)34(40,41)42)19-6-9-21(35)23(14-19)50-26(25(36)37)44-17-46-50/h4-10,13-14,17,24-25,28H,11-12,15-16H2,1-3H3,(H2,43,47)(H,48,53)/t24?,33-/m1/s1. The number of alkyl carbamates (subject to hydrolysis) is 1. The first-order valence-electron chi connectivity index (χ1n) is 16.4. The lowest BCUT2D eigenvalue weighted by atomic mass is 9.75. The van der Waals surface area contributed by atoms with Crippen molar-refractivity contribution in [1.82, 2.24) is 34.8 Å². The second kappa shape index (κ2) is 13.9. The first-order chi connectivity index (χ1) is 25.3. The maximum atomic E-state index is 14.9. The number of benzene rings is 2. The maximum absolute atomic E-state index is 14.9. The molecule has 1 fully saturated rings. The fraction of sp³-hybridized carbons (Fsp3) is 0.412. The average molecular weight is 784 g/mol. The Morgan fingerprint density at radius 3 is 2.31 bits per heavy atom. The van der Waals surface area contributed by atoms with E-state index in [0.29, 0.717) is 15.8 Å². The molecule has 12 nitrogen and oxygen atoms in total. The second-order valence-electron chi connectivity index (χ2n) is 14.1. The molecule has 2 amide bonds. The number of carbonyl (C=O) groups excluding carboxylic acids is 2. The molecule has 3 N–H and O–H groups in total. The SMILES string of the molecule is CC(C)(C)C[C@]1(c2ccc(-c3ccnn3C(F)F)cc2)N=C(N)N(C(COC(=O)NC2(C(F)(F)F)CC2)c2ccc(Cl)c(-n3ncnc3C(F)F)c2)C1=O. The van der Waals surface area contributed by atoms with Crippen LogP contribution in [0.4, 0.5) is 35.5 Å². The first kappa shape index (κ1) is 38.5. The molecule has 20 heteroatoms. The number of nitrogens with zero attached hydrogens (tertiary/aromatic N) is 7. The molecule has 2 aromatic carbocycles. The van der Waals surface area contributed by atoms with Gasteiger partial charge in [0, 0.05) is 11.8 Å². The summed E-state index contributed by atoms with van der Waals surface area (Å²) in [5.41, 5.74) is 2.49. The number of ether oxygens (including phenoxy) is 1. The van der Waals surface area contributed by atoms with Crippen molar-refractivity contribution in [2.45, 2.75) is 76.3 Å². The zero-order valence-electron chi connectivity index (χ0n) is 28.8. The molecule has 0 bridgehead atoms. The molecule has 6 rings (SSSR count). The predicted octanol–water partition coefficient (Wildman–Crippen LogP) is 7.47. The highest BCUT2D eigenvalue weighted by Gasteiger charge is 2.64. The van der Waals surface area contributed by atoms with E-state index in [9.17, 15) is 40.3 Å². The molecule has 54 heavy (non-hydrogen) atoms. The molecule has 4 aromatic rings. The van der Waals surface area contributed by atoms with Gasteiger partial charge in [-0.3, -0.25) is 9.69 Å². The number of guanidine groups is 1. The molecule has 1 saturated carbocycles. The fourth-order valence-electron chi connectivity index (χ4n) is 6.48. The molecule has 0 spiro atoms. The number of alkyl halides is 7. The number of nitrogens with one attached hydrogen (secondary N) is 1. The molecule has 0 saturated heterocycles. The van der Waals surface area contributed by atoms with Crippen LogP contribution in [0.3, 0.4) is 0 Å². The lowest BCUT2D eigenvalue weighted by Gasteiger charge is -2.35. The van der Waals surface area contributed by atoms with Crippen molar-refractivity contribution in [3.05, 3.63) is 83.0 Å². The minimum Gasteiger partial charge on any atom is -0.447 e. The third kappa shape index (κ3) is 7.20. The van der Waals surface area contributed by atoms with Crippen LogP contribution < -0.4 is 11.1 Å². The van der Waals surface area contributed by atoms with E-state index < -0.39 is 66.1 Å². The Bertz CT molecular complexity index is 2070. The van der Waals surface area contributed by atoms with Crippen molar-refractivity contribution in [3.63, 3.8) is 0 Å². The summed E-state index contributed by atoms with van der Waals surface area (Å²) >= 11 is 6.40. The molecular formula is C34H33ClF7N9O3. The number of amides is 2. The van der Waals surface area contributed by atoms with Gasteiger partial charge in [-0.25, -0.2) is 32.9 Å². The van der Waals surface area contributed by atoms with E-state index >= 15 is 0 Å². The summed E-state index contributed by atoms with van der Waals surface area (Å²) in [6.45, 7) is 1.84. The Hall–Kier alpha value is -5.20. The van der Waals surface area contributed by atoms with Crippen LogP contribution in [0.2, 0.25) is 5.02 Å². The van der Waals surface area contributed by atoms with Gasteiger partial charge in [0.05, 0.1) is 22.4 Å². The number of nitrogens with two attached hydrogens (primary N) is 1. The van der Waals surface area contributed by atoms with Gasteiger partial charge in [-0.15, -0.1) is 0 Å². The average Bonchev–Trinajstić information content (AvgIpc) is 3.40. The molecule has 0 radical (unpaired) electrons. The number of aliphatic imine (C=N–C) groups is 1. The number of hydrogen-bond donors (Lipinski definition) is 2. The van der Waals surface area contributed by atoms with Crippen LogP contribution in [0.15, 0.2) is 66.0 Å². The number of hydrogen-bond acceptors (Lipinski definition) is 8. The van der Waals surface area contributed by atoms with Gasteiger partial charge in [-0.05, 0) is 54.0 Å². The van der Waals surface area contributed by atoms with Crippen LogP contribution in [-0.2, 0) is 15.1 Å². The molecule has 2 aliphatic rings. The smallest absolute Gasteiger partial charge is 0.411 e. The summed E-state index contributed by atoms with van der Waals surface area (Å²) in [4.78, 5) is 37.0. The van der Waals surface area contributed by atoms with E-state index in [2.05, 4.69) is 20.2 Å². The zero-order valence-corrected chi connectivity index (χ0v) is 29.5. The van der Waals surface area contributed by atoms with Crippen molar-refractivity contribution >= 4 is 29.6 Å². The summed E-state index contributed by atoms with van der Waals surface area (Å²) in [6.07, 6.45) is -7.81. The minimum atomic E-state index is -4.75. The van der Waals surface area contributed by atoms with Gasteiger partial charge in [-0.1, -0.05) is 62.7 Å².